The third-order valence-electron chi connectivity index (χ3n) is 3.50. The van der Waals surface area contributed by atoms with E-state index in [0.29, 0.717) is 6.54 Å². The lowest BCUT2D eigenvalue weighted by molar-refractivity contribution is -0.142. The van der Waals surface area contributed by atoms with Crippen LogP contribution in [0.5, 0.6) is 0 Å². The summed E-state index contributed by atoms with van der Waals surface area (Å²) in [5.74, 6) is 0.0656. The monoisotopic (exact) mass is 370 g/mol. The summed E-state index contributed by atoms with van der Waals surface area (Å²) in [6.07, 6.45) is -3.19. The Morgan fingerprint density at radius 3 is 2.36 bits per heavy atom. The van der Waals surface area contributed by atoms with Crippen molar-refractivity contribution in [3.8, 4) is 0 Å². The number of carbonyl (C=O) groups excluding carboxylic acids is 1. The maximum atomic E-state index is 12.3. The maximum Gasteiger partial charge on any atom is 0.408 e. The van der Waals surface area contributed by atoms with E-state index in [1.807, 2.05) is 12.1 Å². The minimum Gasteiger partial charge on any atom is -0.334 e. The second kappa shape index (κ2) is 7.30. The van der Waals surface area contributed by atoms with Crippen molar-refractivity contribution in [2.75, 3.05) is 5.32 Å². The van der Waals surface area contributed by atoms with Crippen molar-refractivity contribution in [2.45, 2.75) is 38.9 Å². The van der Waals surface area contributed by atoms with Crippen molar-refractivity contribution in [2.24, 2.45) is 0 Å². The van der Waals surface area contributed by atoms with E-state index in [0.717, 1.165) is 16.4 Å². The topological polar surface area (TPSA) is 59.0 Å². The molecule has 0 saturated heterocycles. The first-order valence-electron chi connectivity index (χ1n) is 7.77. The van der Waals surface area contributed by atoms with Gasteiger partial charge in [0.2, 0.25) is 0 Å². The summed E-state index contributed by atoms with van der Waals surface area (Å²) in [4.78, 5) is 11.8. The minimum atomic E-state index is -4.35. The van der Waals surface area contributed by atoms with Crippen molar-refractivity contribution in [3.63, 3.8) is 0 Å². The Balaban J connectivity index is 1.85. The Kier molecular flexibility index (Phi) is 5.56. The standard InChI is InChI=1S/C16H21F3N4OSi/c1-25(2,3)13-6-4-12(5-7-13)10-20-15(24)21-14-8-9-23(22-14)11-16(17,18)19/h4-9H,10-11H2,1-3H3,(H2,20,21,22,24). The molecule has 0 atom stereocenters. The van der Waals surface area contributed by atoms with Crippen LogP contribution in [0.15, 0.2) is 36.5 Å². The van der Waals surface area contributed by atoms with Crippen molar-refractivity contribution < 1.29 is 18.0 Å². The van der Waals surface area contributed by atoms with E-state index in [-0.39, 0.29) is 5.82 Å². The smallest absolute Gasteiger partial charge is 0.334 e. The van der Waals surface area contributed by atoms with E-state index in [2.05, 4.69) is 47.5 Å². The molecule has 0 saturated carbocycles. The summed E-state index contributed by atoms with van der Waals surface area (Å²) >= 11 is 0. The van der Waals surface area contributed by atoms with Crippen LogP contribution in [0, 0.1) is 0 Å². The molecule has 1 aromatic carbocycles. The molecule has 25 heavy (non-hydrogen) atoms. The van der Waals surface area contributed by atoms with Crippen molar-refractivity contribution >= 4 is 25.1 Å². The molecule has 136 valence electrons. The predicted molar refractivity (Wildman–Crippen MR) is 93.6 cm³/mol. The first-order valence-corrected chi connectivity index (χ1v) is 11.3. The van der Waals surface area contributed by atoms with Crippen LogP contribution in [-0.4, -0.2) is 30.1 Å². The largest absolute Gasteiger partial charge is 0.408 e. The van der Waals surface area contributed by atoms with Crippen LogP contribution in [0.25, 0.3) is 0 Å². The minimum absolute atomic E-state index is 0.0656. The highest BCUT2D eigenvalue weighted by atomic mass is 28.3. The fourth-order valence-electron chi connectivity index (χ4n) is 2.17. The highest BCUT2D eigenvalue weighted by molar-refractivity contribution is 6.88. The maximum absolute atomic E-state index is 12.3. The van der Waals surface area contributed by atoms with E-state index in [1.54, 1.807) is 0 Å². The predicted octanol–water partition coefficient (Wildman–Crippen LogP) is 3.31. The number of hydrogen-bond donors (Lipinski definition) is 2. The van der Waals surface area contributed by atoms with Gasteiger partial charge in [0.05, 0.1) is 8.07 Å². The average molecular weight is 370 g/mol. The summed E-state index contributed by atoms with van der Waals surface area (Å²) in [6, 6.07) is 8.86. The third-order valence-corrected chi connectivity index (χ3v) is 5.56. The zero-order chi connectivity index (χ0) is 18.7. The summed E-state index contributed by atoms with van der Waals surface area (Å²) in [5.41, 5.74) is 0.944. The molecule has 0 aliphatic heterocycles. The number of alkyl halides is 3. The SMILES string of the molecule is C[Si](C)(C)c1ccc(CNC(=O)Nc2ccn(CC(F)(F)F)n2)cc1. The number of benzene rings is 1. The van der Waals surface area contributed by atoms with E-state index in [4.69, 9.17) is 0 Å². The first kappa shape index (κ1) is 19.0. The quantitative estimate of drug-likeness (QED) is 0.794. The zero-order valence-electron chi connectivity index (χ0n) is 14.3. The third kappa shape index (κ3) is 6.26. The number of anilines is 1. The van der Waals surface area contributed by atoms with E-state index >= 15 is 0 Å². The van der Waals surface area contributed by atoms with Gasteiger partial charge in [-0.25, -0.2) is 4.79 Å². The Bertz CT molecular complexity index is 720. The molecular formula is C16H21F3N4OSi. The lowest BCUT2D eigenvalue weighted by Crippen LogP contribution is -2.37. The van der Waals surface area contributed by atoms with Gasteiger partial charge >= 0.3 is 12.2 Å². The fraction of sp³-hybridized carbons (Fsp3) is 0.375. The summed E-state index contributed by atoms with van der Waals surface area (Å²) in [6.45, 7) is 5.89. The number of aromatic nitrogens is 2. The Labute approximate surface area is 145 Å². The second-order valence-corrected chi connectivity index (χ2v) is 11.8. The highest BCUT2D eigenvalue weighted by Gasteiger charge is 2.28. The average Bonchev–Trinajstić information content (AvgIpc) is 2.89. The molecule has 0 aliphatic carbocycles. The van der Waals surface area contributed by atoms with Crippen molar-refractivity contribution in [3.05, 3.63) is 42.1 Å². The molecule has 0 bridgehead atoms. The van der Waals surface area contributed by atoms with Gasteiger partial charge in [0.25, 0.3) is 0 Å². The zero-order valence-corrected chi connectivity index (χ0v) is 15.3. The number of nitrogens with one attached hydrogen (secondary N) is 2. The van der Waals surface area contributed by atoms with Gasteiger partial charge in [0.1, 0.15) is 6.54 Å². The van der Waals surface area contributed by atoms with Gasteiger partial charge in [0, 0.05) is 18.8 Å². The summed E-state index contributed by atoms with van der Waals surface area (Å²) in [7, 11) is -1.36. The van der Waals surface area contributed by atoms with Crippen LogP contribution in [0.3, 0.4) is 0 Å². The Hall–Kier alpha value is -2.29. The normalized spacial score (nSPS) is 12.1. The Morgan fingerprint density at radius 2 is 1.80 bits per heavy atom. The molecule has 2 N–H and O–H groups in total. The Morgan fingerprint density at radius 1 is 1.16 bits per heavy atom. The molecule has 2 aromatic rings. The van der Waals surface area contributed by atoms with Crippen molar-refractivity contribution in [1.82, 2.24) is 15.1 Å². The lowest BCUT2D eigenvalue weighted by Gasteiger charge is -2.16. The molecule has 2 rings (SSSR count). The number of carbonyl (C=O) groups is 1. The molecular weight excluding hydrogens is 349 g/mol. The number of halogens is 3. The number of hydrogen-bond acceptors (Lipinski definition) is 2. The van der Waals surface area contributed by atoms with Gasteiger partial charge in [-0.1, -0.05) is 49.1 Å². The summed E-state index contributed by atoms with van der Waals surface area (Å²) < 4.78 is 37.5. The fourth-order valence-corrected chi connectivity index (χ4v) is 3.33. The van der Waals surface area contributed by atoms with Crippen LogP contribution in [0.2, 0.25) is 19.6 Å². The van der Waals surface area contributed by atoms with Gasteiger partial charge in [-0.2, -0.15) is 18.3 Å². The molecule has 0 fully saturated rings. The summed E-state index contributed by atoms with van der Waals surface area (Å²) in [5, 5.41) is 10.1. The molecule has 9 heteroatoms. The first-order chi connectivity index (χ1) is 11.5. The van der Waals surface area contributed by atoms with Gasteiger partial charge in [-0.05, 0) is 5.56 Å². The number of amides is 2. The van der Waals surface area contributed by atoms with Crippen LogP contribution < -0.4 is 15.8 Å². The van der Waals surface area contributed by atoms with Crippen LogP contribution in [0.1, 0.15) is 5.56 Å². The van der Waals surface area contributed by atoms with Crippen LogP contribution >= 0.6 is 0 Å². The van der Waals surface area contributed by atoms with Crippen LogP contribution in [-0.2, 0) is 13.1 Å². The molecule has 0 spiro atoms. The van der Waals surface area contributed by atoms with Gasteiger partial charge in [-0.15, -0.1) is 0 Å². The molecule has 0 radical (unpaired) electrons. The number of nitrogens with zero attached hydrogens (tertiary/aromatic N) is 2. The van der Waals surface area contributed by atoms with Crippen LogP contribution in [0.4, 0.5) is 23.8 Å². The van der Waals surface area contributed by atoms with E-state index in [1.165, 1.54) is 11.3 Å². The molecule has 1 aromatic heterocycles. The molecule has 1 heterocycles. The second-order valence-electron chi connectivity index (χ2n) is 6.77. The molecule has 5 nitrogen and oxygen atoms in total. The van der Waals surface area contributed by atoms with E-state index < -0.39 is 26.8 Å². The van der Waals surface area contributed by atoms with Gasteiger partial charge in [0.15, 0.2) is 5.82 Å². The highest BCUT2D eigenvalue weighted by Crippen LogP contribution is 2.17. The number of rotatable bonds is 5. The number of urea groups is 1. The molecule has 0 unspecified atom stereocenters. The molecule has 2 amide bonds. The lowest BCUT2D eigenvalue weighted by atomic mass is 10.2. The van der Waals surface area contributed by atoms with Gasteiger partial charge < -0.3 is 5.32 Å². The van der Waals surface area contributed by atoms with E-state index in [9.17, 15) is 18.0 Å². The van der Waals surface area contributed by atoms with Crippen molar-refractivity contribution in [1.29, 1.82) is 0 Å². The molecule has 0 aliphatic rings. The van der Waals surface area contributed by atoms with Gasteiger partial charge in [-0.3, -0.25) is 10.00 Å².